The highest BCUT2D eigenvalue weighted by molar-refractivity contribution is 5.86. The predicted molar refractivity (Wildman–Crippen MR) is 173 cm³/mol. The van der Waals surface area contributed by atoms with Gasteiger partial charge >= 0.3 is 0 Å². The number of carbonyl (C=O) groups excluding carboxylic acids is 1. The lowest BCUT2D eigenvalue weighted by molar-refractivity contribution is -0.169. The Kier molecular flexibility index (Phi) is 6.09. The molecule has 0 spiro atoms. The highest BCUT2D eigenvalue weighted by Gasteiger charge is 2.69. The monoisotopic (exact) mass is 564 g/mol. The van der Waals surface area contributed by atoms with Crippen LogP contribution in [0.3, 0.4) is 0 Å². The minimum absolute atomic E-state index is 0.109. The lowest BCUT2D eigenvalue weighted by Crippen LogP contribution is -2.65. The Morgan fingerprint density at radius 2 is 1.79 bits per heavy atom. The second-order valence-corrected chi connectivity index (χ2v) is 16.6. The molecule has 0 bridgehead atoms. The molecule has 3 nitrogen and oxygen atoms in total. The second-order valence-electron chi connectivity index (χ2n) is 16.6. The summed E-state index contributed by atoms with van der Waals surface area (Å²) in [4.78, 5) is 17.9. The largest absolute Gasteiger partial charge is 0.358 e. The van der Waals surface area contributed by atoms with Gasteiger partial charge in [-0.3, -0.25) is 4.79 Å². The van der Waals surface area contributed by atoms with Gasteiger partial charge < -0.3 is 10.3 Å². The second kappa shape index (κ2) is 9.03. The van der Waals surface area contributed by atoms with Crippen LogP contribution in [-0.4, -0.2) is 17.4 Å². The summed E-state index contributed by atoms with van der Waals surface area (Å²) in [5.74, 6) is 5.58. The number of para-hydroxylation sites is 1. The van der Waals surface area contributed by atoms with Gasteiger partial charge in [-0.2, -0.15) is 0 Å². The molecule has 0 aliphatic heterocycles. The molecule has 9 atom stereocenters. The summed E-state index contributed by atoms with van der Waals surface area (Å²) >= 11 is 0. The number of hydrogen-bond donors (Lipinski definition) is 2. The Morgan fingerprint density at radius 1 is 1.02 bits per heavy atom. The molecule has 1 aromatic carbocycles. The SMILES string of the molecule is C#CCNC(=O)[C@]12CC[C@@H](C)[C@H](C)[C@@H]1C1=CC[C@@H]3[C@@]4(C)Cc5c([nH]c6ccccc56)C(C)(C)[C@@H]4CC[C@@]3(C)[C@]1(C)CC2. The van der Waals surface area contributed by atoms with Gasteiger partial charge in [-0.25, -0.2) is 0 Å². The van der Waals surface area contributed by atoms with Gasteiger partial charge in [0, 0.05) is 22.0 Å². The minimum Gasteiger partial charge on any atom is -0.358 e. The first-order valence-electron chi connectivity index (χ1n) is 16.9. The number of benzene rings is 1. The molecule has 2 aromatic rings. The predicted octanol–water partition coefficient (Wildman–Crippen LogP) is 8.59. The molecule has 1 amide bonds. The van der Waals surface area contributed by atoms with Crippen LogP contribution in [0.5, 0.6) is 0 Å². The Hall–Kier alpha value is -2.47. The van der Waals surface area contributed by atoms with Crippen molar-refractivity contribution in [1.82, 2.24) is 10.3 Å². The third-order valence-corrected chi connectivity index (χ3v) is 14.9. The van der Waals surface area contributed by atoms with Crippen molar-refractivity contribution < 1.29 is 4.79 Å². The molecule has 42 heavy (non-hydrogen) atoms. The van der Waals surface area contributed by atoms with E-state index in [0.29, 0.717) is 36.1 Å². The van der Waals surface area contributed by atoms with Crippen LogP contribution in [0.4, 0.5) is 0 Å². The van der Waals surface area contributed by atoms with Crippen LogP contribution in [0.1, 0.15) is 105 Å². The molecule has 3 fully saturated rings. The number of carbonyl (C=O) groups is 1. The first-order chi connectivity index (χ1) is 19.8. The van der Waals surface area contributed by atoms with Crippen LogP contribution in [-0.2, 0) is 16.6 Å². The summed E-state index contributed by atoms with van der Waals surface area (Å²) < 4.78 is 0. The fourth-order valence-electron chi connectivity index (χ4n) is 12.5. The van der Waals surface area contributed by atoms with E-state index in [2.05, 4.69) is 95.0 Å². The molecular weight excluding hydrogens is 512 g/mol. The molecule has 1 aromatic heterocycles. The highest BCUT2D eigenvalue weighted by atomic mass is 16.2. The van der Waals surface area contributed by atoms with E-state index in [9.17, 15) is 4.79 Å². The van der Waals surface area contributed by atoms with Gasteiger partial charge in [-0.15, -0.1) is 6.42 Å². The van der Waals surface area contributed by atoms with Gasteiger partial charge in [0.25, 0.3) is 0 Å². The number of fused-ring (bicyclic) bond motifs is 10. The van der Waals surface area contributed by atoms with Crippen molar-refractivity contribution in [2.75, 3.05) is 6.54 Å². The summed E-state index contributed by atoms with van der Waals surface area (Å²) in [6.45, 7) is 18.2. The van der Waals surface area contributed by atoms with Crippen molar-refractivity contribution in [1.29, 1.82) is 0 Å². The first kappa shape index (κ1) is 28.3. The van der Waals surface area contributed by atoms with E-state index in [1.54, 1.807) is 11.1 Å². The molecule has 2 N–H and O–H groups in total. The average molecular weight is 565 g/mol. The fraction of sp³-hybridized carbons (Fsp3) is 0.667. The van der Waals surface area contributed by atoms with Crippen LogP contribution in [0.2, 0.25) is 0 Å². The van der Waals surface area contributed by atoms with Crippen LogP contribution < -0.4 is 5.32 Å². The number of terminal acetylenes is 1. The summed E-state index contributed by atoms with van der Waals surface area (Å²) in [5.41, 5.74) is 6.33. The van der Waals surface area contributed by atoms with E-state index >= 15 is 0 Å². The third-order valence-electron chi connectivity index (χ3n) is 14.9. The van der Waals surface area contributed by atoms with Gasteiger partial charge in [0.15, 0.2) is 0 Å². The molecule has 0 saturated heterocycles. The molecular formula is C39H52N2O. The Bertz CT molecular complexity index is 1520. The zero-order valence-electron chi connectivity index (χ0n) is 27.1. The number of aromatic nitrogens is 1. The van der Waals surface area contributed by atoms with Gasteiger partial charge in [-0.1, -0.05) is 84.2 Å². The maximum atomic E-state index is 14.0. The van der Waals surface area contributed by atoms with Crippen LogP contribution in [0.15, 0.2) is 35.9 Å². The van der Waals surface area contributed by atoms with Crippen molar-refractivity contribution in [2.24, 2.45) is 51.2 Å². The van der Waals surface area contributed by atoms with Gasteiger partial charge in [0.2, 0.25) is 5.91 Å². The van der Waals surface area contributed by atoms with Crippen molar-refractivity contribution in [3.63, 3.8) is 0 Å². The molecule has 5 aliphatic rings. The van der Waals surface area contributed by atoms with Gasteiger partial charge in [-0.05, 0) is 109 Å². The number of hydrogen-bond acceptors (Lipinski definition) is 1. The Balaban J connectivity index is 1.34. The quantitative estimate of drug-likeness (QED) is 0.278. The van der Waals surface area contributed by atoms with E-state index < -0.39 is 0 Å². The standard InChI is InChI=1S/C39H52N2O/c1-9-22-40-34(42)39-19-16-24(2)25(3)32(39)28-14-15-31-36(6)23-27-26-12-10-11-13-29(26)41-33(27)35(4,5)30(36)17-18-38(31,8)37(28,7)20-21-39/h1,10-14,24-25,30-32,41H,15-23H2,2-8H3,(H,40,42)/t24-,25+,30+,31-,32-,36+,37-,38-,39+/m1/s1. The smallest absolute Gasteiger partial charge is 0.227 e. The topological polar surface area (TPSA) is 44.9 Å². The number of rotatable bonds is 2. The number of nitrogens with one attached hydrogen (secondary N) is 2. The van der Waals surface area contributed by atoms with E-state index in [1.807, 2.05) is 0 Å². The molecule has 224 valence electrons. The summed E-state index contributed by atoms with van der Waals surface area (Å²) in [6.07, 6.45) is 17.4. The Morgan fingerprint density at radius 3 is 2.55 bits per heavy atom. The lowest BCUT2D eigenvalue weighted by Gasteiger charge is -2.71. The third kappa shape index (κ3) is 3.34. The van der Waals surface area contributed by atoms with Crippen molar-refractivity contribution >= 4 is 16.8 Å². The summed E-state index contributed by atoms with van der Waals surface area (Å²) in [7, 11) is 0. The highest BCUT2D eigenvalue weighted by Crippen LogP contribution is 2.75. The van der Waals surface area contributed by atoms with Crippen molar-refractivity contribution in [3.8, 4) is 12.3 Å². The average Bonchev–Trinajstić information content (AvgIpc) is 3.33. The number of H-pyrrole nitrogens is 1. The van der Waals surface area contributed by atoms with Gasteiger partial charge in [0.05, 0.1) is 12.0 Å². The van der Waals surface area contributed by atoms with Crippen LogP contribution in [0.25, 0.3) is 10.9 Å². The van der Waals surface area contributed by atoms with E-state index in [-0.39, 0.29) is 33.0 Å². The normalized spacial score (nSPS) is 43.5. The molecule has 3 saturated carbocycles. The lowest BCUT2D eigenvalue weighted by atomic mass is 9.33. The number of amides is 1. The Labute approximate surface area is 254 Å². The first-order valence-corrected chi connectivity index (χ1v) is 16.9. The molecule has 7 rings (SSSR count). The maximum absolute atomic E-state index is 14.0. The molecule has 0 radical (unpaired) electrons. The van der Waals surface area contributed by atoms with Crippen molar-refractivity contribution in [3.05, 3.63) is 47.2 Å². The number of allylic oxidation sites excluding steroid dienone is 2. The van der Waals surface area contributed by atoms with E-state index in [4.69, 9.17) is 6.42 Å². The van der Waals surface area contributed by atoms with Crippen LogP contribution >= 0.6 is 0 Å². The van der Waals surface area contributed by atoms with Crippen LogP contribution in [0, 0.1) is 63.6 Å². The zero-order chi connectivity index (χ0) is 29.9. The van der Waals surface area contributed by atoms with Crippen molar-refractivity contribution in [2.45, 2.75) is 105 Å². The molecule has 1 heterocycles. The zero-order valence-corrected chi connectivity index (χ0v) is 27.1. The molecule has 3 heteroatoms. The maximum Gasteiger partial charge on any atom is 0.227 e. The fourth-order valence-corrected chi connectivity index (χ4v) is 12.5. The molecule has 5 aliphatic carbocycles. The van der Waals surface area contributed by atoms with E-state index in [1.165, 1.54) is 29.4 Å². The summed E-state index contributed by atoms with van der Waals surface area (Å²) in [5, 5.41) is 4.60. The summed E-state index contributed by atoms with van der Waals surface area (Å²) in [6, 6.07) is 8.97. The van der Waals surface area contributed by atoms with E-state index in [0.717, 1.165) is 38.5 Å². The van der Waals surface area contributed by atoms with Gasteiger partial charge in [0.1, 0.15) is 0 Å². The molecule has 0 unspecified atom stereocenters. The minimum atomic E-state index is -0.315. The number of aromatic amines is 1.